The van der Waals surface area contributed by atoms with Crippen molar-refractivity contribution in [2.45, 2.75) is 52.6 Å². The second-order valence-electron chi connectivity index (χ2n) is 8.01. The van der Waals surface area contributed by atoms with Crippen LogP contribution in [0.1, 0.15) is 50.7 Å². The minimum Gasteiger partial charge on any atom is -0.481 e. The fourth-order valence-corrected chi connectivity index (χ4v) is 4.32. The lowest BCUT2D eigenvalue weighted by Crippen LogP contribution is -2.41. The number of carbonyl (C=O) groups excluding carboxylic acids is 1. The highest BCUT2D eigenvalue weighted by Crippen LogP contribution is 2.28. The lowest BCUT2D eigenvalue weighted by molar-refractivity contribution is -0.137. The first kappa shape index (κ1) is 21.0. The van der Waals surface area contributed by atoms with Crippen LogP contribution in [0.25, 0.3) is 0 Å². The third-order valence-electron chi connectivity index (χ3n) is 5.85. The molecule has 146 valence electrons. The molecule has 2 aliphatic rings. The lowest BCUT2D eigenvalue weighted by Gasteiger charge is -2.25. The van der Waals surface area contributed by atoms with Gasteiger partial charge in [0.1, 0.15) is 5.75 Å². The molecule has 1 unspecified atom stereocenters. The van der Waals surface area contributed by atoms with E-state index in [0.717, 1.165) is 56.6 Å². The third kappa shape index (κ3) is 4.72. The lowest BCUT2D eigenvalue weighted by atomic mass is 9.92. The summed E-state index contributed by atoms with van der Waals surface area (Å²) in [5, 5.41) is 3.48. The zero-order valence-corrected chi connectivity index (χ0v) is 17.3. The molecule has 0 aromatic heterocycles. The molecule has 3 rings (SSSR count). The Balaban J connectivity index is 0.00000243. The minimum atomic E-state index is -0.430. The van der Waals surface area contributed by atoms with Crippen molar-refractivity contribution >= 4 is 18.3 Å². The maximum atomic E-state index is 12.8. The average Bonchev–Trinajstić information content (AvgIpc) is 2.92. The highest BCUT2D eigenvalue weighted by molar-refractivity contribution is 5.85. The maximum Gasteiger partial charge on any atom is 0.263 e. The highest BCUT2D eigenvalue weighted by atomic mass is 35.5. The molecule has 2 saturated heterocycles. The van der Waals surface area contributed by atoms with Gasteiger partial charge in [0.15, 0.2) is 6.10 Å². The number of nitrogens with zero attached hydrogens (tertiary/aromatic N) is 1. The van der Waals surface area contributed by atoms with Crippen molar-refractivity contribution in [3.63, 3.8) is 0 Å². The van der Waals surface area contributed by atoms with E-state index in [2.05, 4.69) is 38.2 Å². The largest absolute Gasteiger partial charge is 0.481 e. The van der Waals surface area contributed by atoms with Crippen molar-refractivity contribution in [1.29, 1.82) is 0 Å². The van der Waals surface area contributed by atoms with Crippen LogP contribution in [0.15, 0.2) is 18.2 Å². The zero-order chi connectivity index (χ0) is 18.0. The number of carbonyl (C=O) groups is 1. The molecule has 4 nitrogen and oxygen atoms in total. The van der Waals surface area contributed by atoms with E-state index >= 15 is 0 Å². The summed E-state index contributed by atoms with van der Waals surface area (Å²) >= 11 is 0. The van der Waals surface area contributed by atoms with Gasteiger partial charge in [-0.1, -0.05) is 19.9 Å². The monoisotopic (exact) mass is 380 g/mol. The number of nitrogens with one attached hydrogen (secondary N) is 1. The standard InChI is InChI=1S/C21H32N2O2.ClH/c1-14(2)20-6-5-19(11-15(20)3)25-16(4)21(24)23-9-7-17-12-22-13-18(17)8-10-23;/h5-6,11,14,16-18,22H,7-10,12-13H2,1-4H3;1H/t16?,17-,18+;. The summed E-state index contributed by atoms with van der Waals surface area (Å²) in [5.74, 6) is 2.89. The van der Waals surface area contributed by atoms with Gasteiger partial charge in [-0.05, 0) is 80.8 Å². The zero-order valence-electron chi connectivity index (χ0n) is 16.5. The van der Waals surface area contributed by atoms with Crippen LogP contribution in [0.4, 0.5) is 0 Å². The Morgan fingerprint density at radius 2 is 1.77 bits per heavy atom. The van der Waals surface area contributed by atoms with Crippen LogP contribution < -0.4 is 10.1 Å². The molecular weight excluding hydrogens is 348 g/mol. The number of likely N-dealkylation sites (tertiary alicyclic amines) is 1. The summed E-state index contributed by atoms with van der Waals surface area (Å²) in [5.41, 5.74) is 2.56. The van der Waals surface area contributed by atoms with Gasteiger partial charge in [0.05, 0.1) is 0 Å². The minimum absolute atomic E-state index is 0. The van der Waals surface area contributed by atoms with Crippen LogP contribution in [0.2, 0.25) is 0 Å². The Kier molecular flexibility index (Phi) is 7.36. The van der Waals surface area contributed by atoms with Gasteiger partial charge in [-0.2, -0.15) is 0 Å². The normalized spacial score (nSPS) is 23.8. The maximum absolute atomic E-state index is 12.8. The predicted octanol–water partition coefficient (Wildman–Crippen LogP) is 3.77. The number of aryl methyl sites for hydroxylation is 1. The average molecular weight is 381 g/mol. The smallest absolute Gasteiger partial charge is 0.263 e. The summed E-state index contributed by atoms with van der Waals surface area (Å²) < 4.78 is 5.98. The molecule has 2 fully saturated rings. The van der Waals surface area contributed by atoms with Crippen molar-refractivity contribution in [1.82, 2.24) is 10.2 Å². The first-order valence-corrected chi connectivity index (χ1v) is 9.72. The van der Waals surface area contributed by atoms with Crippen molar-refractivity contribution in [2.75, 3.05) is 26.2 Å². The Bertz CT molecular complexity index is 606. The van der Waals surface area contributed by atoms with E-state index < -0.39 is 6.10 Å². The topological polar surface area (TPSA) is 41.6 Å². The van der Waals surface area contributed by atoms with Gasteiger partial charge in [0.25, 0.3) is 5.91 Å². The second-order valence-corrected chi connectivity index (χ2v) is 8.01. The van der Waals surface area contributed by atoms with E-state index in [4.69, 9.17) is 4.74 Å². The number of hydrogen-bond acceptors (Lipinski definition) is 3. The molecule has 0 bridgehead atoms. The van der Waals surface area contributed by atoms with Crippen molar-refractivity contribution in [3.8, 4) is 5.75 Å². The Morgan fingerprint density at radius 1 is 1.15 bits per heavy atom. The van der Waals surface area contributed by atoms with Gasteiger partial charge in [-0.3, -0.25) is 4.79 Å². The molecule has 1 aromatic rings. The van der Waals surface area contributed by atoms with Crippen molar-refractivity contribution in [2.24, 2.45) is 11.8 Å². The molecule has 0 radical (unpaired) electrons. The molecular formula is C21H33ClN2O2. The molecule has 5 heteroatoms. The van der Waals surface area contributed by atoms with Crippen LogP contribution in [0, 0.1) is 18.8 Å². The van der Waals surface area contributed by atoms with E-state index in [1.54, 1.807) is 0 Å². The third-order valence-corrected chi connectivity index (χ3v) is 5.85. The molecule has 0 saturated carbocycles. The number of benzene rings is 1. The molecule has 3 atom stereocenters. The second kappa shape index (κ2) is 9.09. The summed E-state index contributed by atoms with van der Waals surface area (Å²) in [7, 11) is 0. The number of ether oxygens (including phenoxy) is 1. The summed E-state index contributed by atoms with van der Waals surface area (Å²) in [4.78, 5) is 14.8. The van der Waals surface area contributed by atoms with E-state index in [0.29, 0.717) is 5.92 Å². The Morgan fingerprint density at radius 3 is 2.31 bits per heavy atom. The van der Waals surface area contributed by atoms with Gasteiger partial charge in [-0.15, -0.1) is 12.4 Å². The number of rotatable bonds is 4. The predicted molar refractivity (Wildman–Crippen MR) is 108 cm³/mol. The van der Waals surface area contributed by atoms with Crippen molar-refractivity contribution < 1.29 is 9.53 Å². The molecule has 1 amide bonds. The van der Waals surface area contributed by atoms with E-state index in [1.165, 1.54) is 11.1 Å². The summed E-state index contributed by atoms with van der Waals surface area (Å²) in [6, 6.07) is 6.16. The quantitative estimate of drug-likeness (QED) is 0.864. The molecule has 1 N–H and O–H groups in total. The first-order valence-electron chi connectivity index (χ1n) is 9.72. The molecule has 1 aromatic carbocycles. The van der Waals surface area contributed by atoms with Crippen LogP contribution in [0.3, 0.4) is 0 Å². The van der Waals surface area contributed by atoms with Crippen molar-refractivity contribution in [3.05, 3.63) is 29.3 Å². The van der Waals surface area contributed by atoms with Crippen LogP contribution in [-0.4, -0.2) is 43.1 Å². The van der Waals surface area contributed by atoms with Crippen LogP contribution in [0.5, 0.6) is 5.75 Å². The first-order chi connectivity index (χ1) is 12.0. The molecule has 2 aliphatic heterocycles. The van der Waals surface area contributed by atoms with Gasteiger partial charge >= 0.3 is 0 Å². The van der Waals surface area contributed by atoms with Gasteiger partial charge in [0, 0.05) is 13.1 Å². The van der Waals surface area contributed by atoms with Gasteiger partial charge < -0.3 is 15.0 Å². The van der Waals surface area contributed by atoms with Gasteiger partial charge in [0.2, 0.25) is 0 Å². The van der Waals surface area contributed by atoms with Crippen LogP contribution >= 0.6 is 12.4 Å². The Labute approximate surface area is 164 Å². The summed E-state index contributed by atoms with van der Waals surface area (Å²) in [6.45, 7) is 12.3. The van der Waals surface area contributed by atoms with Crippen LogP contribution in [-0.2, 0) is 4.79 Å². The highest BCUT2D eigenvalue weighted by Gasteiger charge is 2.32. The van der Waals surface area contributed by atoms with E-state index in [1.807, 2.05) is 17.9 Å². The fourth-order valence-electron chi connectivity index (χ4n) is 4.32. The summed E-state index contributed by atoms with van der Waals surface area (Å²) in [6.07, 6.45) is 1.79. The number of hydrogen-bond donors (Lipinski definition) is 1. The molecule has 26 heavy (non-hydrogen) atoms. The van der Waals surface area contributed by atoms with E-state index in [-0.39, 0.29) is 18.3 Å². The fraction of sp³-hybridized carbons (Fsp3) is 0.667. The van der Waals surface area contributed by atoms with Gasteiger partial charge in [-0.25, -0.2) is 0 Å². The number of amides is 1. The SMILES string of the molecule is Cc1cc(OC(C)C(=O)N2CC[C@@H]3CNC[C@@H]3CC2)ccc1C(C)C.Cl. The number of halogens is 1. The number of fused-ring (bicyclic) bond motifs is 1. The molecule has 0 aliphatic carbocycles. The Hall–Kier alpha value is -1.26. The molecule has 0 spiro atoms. The molecule has 2 heterocycles. The van der Waals surface area contributed by atoms with E-state index in [9.17, 15) is 4.79 Å².